The lowest BCUT2D eigenvalue weighted by Crippen LogP contribution is -1.91. The number of ether oxygens (including phenoxy) is 1. The summed E-state index contributed by atoms with van der Waals surface area (Å²) in [7, 11) is 1.31. The maximum Gasteiger partial charge on any atom is 0.329 e. The maximum atomic E-state index is 9.84. The Labute approximate surface area is 93.2 Å². The van der Waals surface area contributed by atoms with Gasteiger partial charge in [0.2, 0.25) is 0 Å². The molecule has 0 aromatic rings. The first-order valence-corrected chi connectivity index (χ1v) is 3.78. The predicted molar refractivity (Wildman–Crippen MR) is 57.9 cm³/mol. The van der Waals surface area contributed by atoms with Crippen LogP contribution < -0.4 is 0 Å². The summed E-state index contributed by atoms with van der Waals surface area (Å²) >= 11 is 0. The quantitative estimate of drug-likeness (QED) is 0.423. The van der Waals surface area contributed by atoms with Gasteiger partial charge >= 0.3 is 17.9 Å². The second-order valence-corrected chi connectivity index (χ2v) is 1.74. The molecule has 90 valence electrons. The van der Waals surface area contributed by atoms with Crippen molar-refractivity contribution in [3.05, 3.63) is 38.0 Å². The van der Waals surface area contributed by atoms with E-state index in [1.807, 2.05) is 0 Å². The monoisotopic (exact) mass is 230 g/mol. The van der Waals surface area contributed by atoms with Gasteiger partial charge in [0.25, 0.3) is 0 Å². The van der Waals surface area contributed by atoms with Crippen molar-refractivity contribution in [2.75, 3.05) is 7.11 Å². The van der Waals surface area contributed by atoms with E-state index < -0.39 is 17.9 Å². The first-order chi connectivity index (χ1) is 7.43. The zero-order valence-electron chi connectivity index (χ0n) is 8.88. The van der Waals surface area contributed by atoms with Crippen molar-refractivity contribution in [2.45, 2.75) is 0 Å². The second-order valence-electron chi connectivity index (χ2n) is 1.74. The minimum Gasteiger partial charge on any atom is -0.478 e. The lowest BCUT2D eigenvalue weighted by Gasteiger charge is -1.83. The molecule has 2 N–H and O–H groups in total. The number of hydrogen-bond acceptors (Lipinski definition) is 4. The Morgan fingerprint density at radius 1 is 1.06 bits per heavy atom. The predicted octanol–water partition coefficient (Wildman–Crippen LogP) is 0.859. The molecule has 0 aromatic carbocycles. The third-order valence-electron chi connectivity index (χ3n) is 0.736. The molecule has 0 aliphatic rings. The van der Waals surface area contributed by atoms with Crippen molar-refractivity contribution in [1.82, 2.24) is 0 Å². The number of rotatable bonds is 3. The number of carbonyl (C=O) groups is 3. The molecule has 0 atom stereocenters. The van der Waals surface area contributed by atoms with E-state index >= 15 is 0 Å². The molecule has 0 aliphatic heterocycles. The van der Waals surface area contributed by atoms with Gasteiger partial charge in [0.15, 0.2) is 0 Å². The summed E-state index contributed by atoms with van der Waals surface area (Å²) in [6.07, 6.45) is 2.23. The minimum atomic E-state index is -1.26. The van der Waals surface area contributed by atoms with Crippen molar-refractivity contribution in [1.29, 1.82) is 0 Å². The van der Waals surface area contributed by atoms with Gasteiger partial charge in [-0.2, -0.15) is 0 Å². The Morgan fingerprint density at radius 3 is 1.44 bits per heavy atom. The number of methoxy groups -OCH3 is 1. The van der Waals surface area contributed by atoms with Gasteiger partial charge in [-0.25, -0.2) is 14.4 Å². The second kappa shape index (κ2) is 15.1. The van der Waals surface area contributed by atoms with Crippen LogP contribution in [0.5, 0.6) is 0 Å². The van der Waals surface area contributed by atoms with Crippen molar-refractivity contribution in [2.24, 2.45) is 0 Å². The molecule has 0 rings (SSSR count). The highest BCUT2D eigenvalue weighted by atomic mass is 16.5. The summed E-state index contributed by atoms with van der Waals surface area (Å²) in [6.45, 7) is 9.16. The third kappa shape index (κ3) is 29.9. The highest BCUT2D eigenvalue weighted by Crippen LogP contribution is 1.70. The Morgan fingerprint density at radius 2 is 1.38 bits per heavy atom. The van der Waals surface area contributed by atoms with Crippen molar-refractivity contribution in [3.8, 4) is 0 Å². The van der Waals surface area contributed by atoms with Crippen molar-refractivity contribution < 1.29 is 29.3 Å². The SMILES string of the molecule is C=C.C=CC(=O)OC.O=C(O)/C=C\C(=O)O. The van der Waals surface area contributed by atoms with E-state index in [1.54, 1.807) is 0 Å². The first-order valence-electron chi connectivity index (χ1n) is 3.78. The topological polar surface area (TPSA) is 101 Å². The zero-order chi connectivity index (χ0) is 13.6. The van der Waals surface area contributed by atoms with Crippen LogP contribution in [0.2, 0.25) is 0 Å². The summed E-state index contributed by atoms with van der Waals surface area (Å²) in [5, 5.41) is 15.6. The van der Waals surface area contributed by atoms with E-state index in [0.717, 1.165) is 6.08 Å². The van der Waals surface area contributed by atoms with Gasteiger partial charge in [-0.1, -0.05) is 6.58 Å². The molecule has 0 saturated carbocycles. The number of aliphatic carboxylic acids is 2. The fraction of sp³-hybridized carbons (Fsp3) is 0.100. The molecule has 0 unspecified atom stereocenters. The average Bonchev–Trinajstić information content (AvgIpc) is 2.28. The smallest absolute Gasteiger partial charge is 0.329 e. The molecule has 0 amide bonds. The van der Waals surface area contributed by atoms with Gasteiger partial charge in [0, 0.05) is 18.2 Å². The molecule has 0 spiro atoms. The van der Waals surface area contributed by atoms with Gasteiger partial charge < -0.3 is 14.9 Å². The van der Waals surface area contributed by atoms with Crippen LogP contribution in [0.3, 0.4) is 0 Å². The summed E-state index contributed by atoms with van der Waals surface area (Å²) < 4.78 is 4.14. The van der Waals surface area contributed by atoms with Crippen LogP contribution in [0.4, 0.5) is 0 Å². The lowest BCUT2D eigenvalue weighted by atomic mass is 10.5. The standard InChI is InChI=1S/C4H4O4.C4H6O2.C2H4/c5-3(6)1-2-4(7)8;1-3-4(5)6-2;1-2/h1-2H,(H,5,6)(H,7,8);3H,1H2,2H3;1-2H2/b2-1-;;. The van der Waals surface area contributed by atoms with E-state index in [-0.39, 0.29) is 0 Å². The number of carboxylic acid groups (broad SMARTS) is 2. The average molecular weight is 230 g/mol. The number of hydrogen-bond donors (Lipinski definition) is 2. The Bertz CT molecular complexity index is 250. The molecule has 0 aromatic heterocycles. The van der Waals surface area contributed by atoms with Crippen LogP contribution in [-0.4, -0.2) is 35.2 Å². The van der Waals surface area contributed by atoms with Gasteiger partial charge in [-0.15, -0.1) is 13.2 Å². The molecule has 0 radical (unpaired) electrons. The first kappa shape index (κ1) is 19.2. The number of carbonyl (C=O) groups excluding carboxylic acids is 1. The Hall–Kier alpha value is -2.37. The maximum absolute atomic E-state index is 9.84. The van der Waals surface area contributed by atoms with Crippen LogP contribution in [0.15, 0.2) is 38.0 Å². The summed E-state index contributed by atoms with van der Waals surface area (Å²) in [4.78, 5) is 28.9. The minimum absolute atomic E-state index is 0.394. The van der Waals surface area contributed by atoms with E-state index in [1.165, 1.54) is 7.11 Å². The molecule has 0 aliphatic carbocycles. The molecular weight excluding hydrogens is 216 g/mol. The van der Waals surface area contributed by atoms with Crippen LogP contribution in [0, 0.1) is 0 Å². The van der Waals surface area contributed by atoms with E-state index in [4.69, 9.17) is 10.2 Å². The van der Waals surface area contributed by atoms with Gasteiger partial charge in [0.05, 0.1) is 7.11 Å². The highest BCUT2D eigenvalue weighted by Gasteiger charge is 1.88. The molecule has 0 saturated heterocycles. The molecule has 0 bridgehead atoms. The van der Waals surface area contributed by atoms with E-state index in [9.17, 15) is 14.4 Å². The van der Waals surface area contributed by atoms with Crippen LogP contribution in [0.1, 0.15) is 0 Å². The van der Waals surface area contributed by atoms with Gasteiger partial charge in [-0.3, -0.25) is 0 Å². The van der Waals surface area contributed by atoms with Crippen molar-refractivity contribution in [3.63, 3.8) is 0 Å². The van der Waals surface area contributed by atoms with Gasteiger partial charge in [-0.05, 0) is 0 Å². The van der Waals surface area contributed by atoms with E-state index in [0.29, 0.717) is 12.2 Å². The van der Waals surface area contributed by atoms with E-state index in [2.05, 4.69) is 24.5 Å². The molecule has 6 heteroatoms. The zero-order valence-corrected chi connectivity index (χ0v) is 8.88. The summed E-state index contributed by atoms with van der Waals surface area (Å²) in [6, 6.07) is 0. The Kier molecular flexibility index (Phi) is 18.2. The Balaban J connectivity index is -0.000000188. The molecular formula is C10H14O6. The number of carboxylic acids is 2. The van der Waals surface area contributed by atoms with Crippen LogP contribution >= 0.6 is 0 Å². The molecule has 0 fully saturated rings. The lowest BCUT2D eigenvalue weighted by molar-refractivity contribution is -0.135. The normalized spacial score (nSPS) is 7.56. The summed E-state index contributed by atoms with van der Waals surface area (Å²) in [5.41, 5.74) is 0. The third-order valence-corrected chi connectivity index (χ3v) is 0.736. The molecule has 0 heterocycles. The van der Waals surface area contributed by atoms with Crippen LogP contribution in [0.25, 0.3) is 0 Å². The fourth-order valence-corrected chi connectivity index (χ4v) is 0.226. The summed E-state index contributed by atoms with van der Waals surface area (Å²) in [5.74, 6) is -2.91. The van der Waals surface area contributed by atoms with Gasteiger partial charge in [0.1, 0.15) is 0 Å². The van der Waals surface area contributed by atoms with Crippen LogP contribution in [-0.2, 0) is 19.1 Å². The largest absolute Gasteiger partial charge is 0.478 e. The van der Waals surface area contributed by atoms with Crippen molar-refractivity contribution >= 4 is 17.9 Å². The highest BCUT2D eigenvalue weighted by molar-refractivity contribution is 5.89. The number of esters is 1. The fourth-order valence-electron chi connectivity index (χ4n) is 0.226. The molecule has 6 nitrogen and oxygen atoms in total. The molecule has 16 heavy (non-hydrogen) atoms.